The van der Waals surface area contributed by atoms with Crippen molar-refractivity contribution in [1.82, 2.24) is 14.7 Å². The molecule has 0 radical (unpaired) electrons. The van der Waals surface area contributed by atoms with Crippen molar-refractivity contribution >= 4 is 11.9 Å². The monoisotopic (exact) mass is 339 g/mol. The standard InChI is InChI=1S/C14H23N3O.C2H2O4/c1-3-7-16(8-4-1)10-11-18-14-12-13-6-2-5-9-17(13)15-14;3-1(4)2(5)6/h12H,1-11H2;(H,3,4)(H,5,6). The van der Waals surface area contributed by atoms with Crippen molar-refractivity contribution in [2.75, 3.05) is 26.2 Å². The Balaban J connectivity index is 0.000000301. The molecule has 1 aromatic heterocycles. The molecule has 3 rings (SSSR count). The molecule has 2 N–H and O–H groups in total. The lowest BCUT2D eigenvalue weighted by atomic mass is 10.1. The normalized spacial score (nSPS) is 17.3. The second-order valence-electron chi connectivity index (χ2n) is 6.02. The molecule has 2 aliphatic rings. The van der Waals surface area contributed by atoms with Gasteiger partial charge in [-0.3, -0.25) is 9.58 Å². The Labute approximate surface area is 141 Å². The number of carbonyl (C=O) groups is 2. The Morgan fingerprint density at radius 2 is 1.71 bits per heavy atom. The molecule has 0 atom stereocenters. The second-order valence-corrected chi connectivity index (χ2v) is 6.02. The third kappa shape index (κ3) is 5.84. The molecule has 3 heterocycles. The Kier molecular flexibility index (Phi) is 7.05. The van der Waals surface area contributed by atoms with Crippen LogP contribution < -0.4 is 4.74 Å². The molecule has 0 unspecified atom stereocenters. The van der Waals surface area contributed by atoms with Gasteiger partial charge in [0.1, 0.15) is 6.61 Å². The van der Waals surface area contributed by atoms with E-state index in [2.05, 4.69) is 20.7 Å². The third-order valence-corrected chi connectivity index (χ3v) is 4.18. The molecule has 1 saturated heterocycles. The van der Waals surface area contributed by atoms with Crippen molar-refractivity contribution in [3.8, 4) is 5.88 Å². The summed E-state index contributed by atoms with van der Waals surface area (Å²) in [6, 6.07) is 2.12. The maximum absolute atomic E-state index is 9.10. The highest BCUT2D eigenvalue weighted by Crippen LogP contribution is 2.19. The van der Waals surface area contributed by atoms with Crippen molar-refractivity contribution in [3.05, 3.63) is 11.8 Å². The molecular formula is C16H25N3O5. The molecule has 8 nitrogen and oxygen atoms in total. The van der Waals surface area contributed by atoms with Gasteiger partial charge >= 0.3 is 11.9 Å². The van der Waals surface area contributed by atoms with Gasteiger partial charge in [0.05, 0.1) is 0 Å². The molecule has 2 aliphatic heterocycles. The second kappa shape index (κ2) is 9.27. The number of likely N-dealkylation sites (tertiary alicyclic amines) is 1. The molecule has 0 bridgehead atoms. The van der Waals surface area contributed by atoms with Crippen molar-refractivity contribution in [1.29, 1.82) is 0 Å². The SMILES string of the molecule is O=C(O)C(=O)O.c1c(OCCN2CCCCC2)nn2c1CCCC2. The fourth-order valence-electron chi connectivity index (χ4n) is 2.92. The Morgan fingerprint density at radius 3 is 2.33 bits per heavy atom. The summed E-state index contributed by atoms with van der Waals surface area (Å²) in [6.07, 6.45) is 7.78. The molecule has 0 aliphatic carbocycles. The highest BCUT2D eigenvalue weighted by atomic mass is 16.5. The minimum absolute atomic E-state index is 0.774. The van der Waals surface area contributed by atoms with Gasteiger partial charge in [-0.05, 0) is 45.2 Å². The number of ether oxygens (including phenoxy) is 1. The van der Waals surface area contributed by atoms with E-state index in [1.54, 1.807) is 0 Å². The Bertz CT molecular complexity index is 516. The van der Waals surface area contributed by atoms with E-state index in [9.17, 15) is 0 Å². The molecule has 1 fully saturated rings. The van der Waals surface area contributed by atoms with E-state index in [-0.39, 0.29) is 0 Å². The number of carboxylic acid groups (broad SMARTS) is 2. The summed E-state index contributed by atoms with van der Waals surface area (Å²) >= 11 is 0. The molecule has 8 heteroatoms. The summed E-state index contributed by atoms with van der Waals surface area (Å²) in [6.45, 7) is 5.36. The average Bonchev–Trinajstić information content (AvgIpc) is 2.99. The van der Waals surface area contributed by atoms with Crippen LogP contribution in [0.5, 0.6) is 5.88 Å². The number of carboxylic acids is 2. The van der Waals surface area contributed by atoms with Gasteiger partial charge in [-0.1, -0.05) is 6.42 Å². The zero-order valence-electron chi connectivity index (χ0n) is 13.8. The van der Waals surface area contributed by atoms with Crippen LogP contribution in [0.2, 0.25) is 0 Å². The lowest BCUT2D eigenvalue weighted by molar-refractivity contribution is -0.159. The van der Waals surface area contributed by atoms with Crippen LogP contribution in [-0.2, 0) is 22.6 Å². The Hall–Kier alpha value is -2.09. The van der Waals surface area contributed by atoms with Gasteiger partial charge in [0.15, 0.2) is 0 Å². The largest absolute Gasteiger partial charge is 0.475 e. The van der Waals surface area contributed by atoms with Crippen LogP contribution >= 0.6 is 0 Å². The van der Waals surface area contributed by atoms with Crippen LogP contribution in [0.15, 0.2) is 6.07 Å². The number of fused-ring (bicyclic) bond motifs is 1. The number of hydrogen-bond donors (Lipinski definition) is 2. The summed E-state index contributed by atoms with van der Waals surface area (Å²) in [5.74, 6) is -2.83. The van der Waals surface area contributed by atoms with E-state index in [1.807, 2.05) is 0 Å². The molecule has 134 valence electrons. The topological polar surface area (TPSA) is 105 Å². The predicted octanol–water partition coefficient (Wildman–Crippen LogP) is 1.24. The molecule has 24 heavy (non-hydrogen) atoms. The first kappa shape index (κ1) is 18.3. The van der Waals surface area contributed by atoms with Crippen LogP contribution in [0, 0.1) is 0 Å². The number of aromatic nitrogens is 2. The van der Waals surface area contributed by atoms with E-state index in [1.165, 1.54) is 50.9 Å². The minimum atomic E-state index is -1.82. The van der Waals surface area contributed by atoms with Gasteiger partial charge < -0.3 is 14.9 Å². The van der Waals surface area contributed by atoms with E-state index in [0.717, 1.165) is 32.0 Å². The van der Waals surface area contributed by atoms with Gasteiger partial charge in [-0.25, -0.2) is 9.59 Å². The highest BCUT2D eigenvalue weighted by molar-refractivity contribution is 6.27. The lowest BCUT2D eigenvalue weighted by Crippen LogP contribution is -2.33. The van der Waals surface area contributed by atoms with Crippen LogP contribution in [0.25, 0.3) is 0 Å². The number of aryl methyl sites for hydroxylation is 2. The summed E-state index contributed by atoms with van der Waals surface area (Å²) in [7, 11) is 0. The number of hydrogen-bond acceptors (Lipinski definition) is 5. The van der Waals surface area contributed by atoms with Gasteiger partial charge in [-0.15, -0.1) is 5.10 Å². The molecule has 0 spiro atoms. The summed E-state index contributed by atoms with van der Waals surface area (Å²) < 4.78 is 7.90. The van der Waals surface area contributed by atoms with E-state index in [4.69, 9.17) is 24.5 Å². The first-order valence-electron chi connectivity index (χ1n) is 8.44. The third-order valence-electron chi connectivity index (χ3n) is 4.18. The summed E-state index contributed by atoms with van der Waals surface area (Å²) in [4.78, 5) is 20.7. The number of nitrogens with zero attached hydrogens (tertiary/aromatic N) is 3. The zero-order chi connectivity index (χ0) is 17.4. The molecule has 0 amide bonds. The predicted molar refractivity (Wildman–Crippen MR) is 86.2 cm³/mol. The van der Waals surface area contributed by atoms with Crippen molar-refractivity contribution in [2.45, 2.75) is 45.1 Å². The van der Waals surface area contributed by atoms with Crippen LogP contribution in [0.1, 0.15) is 37.8 Å². The van der Waals surface area contributed by atoms with E-state index < -0.39 is 11.9 Å². The van der Waals surface area contributed by atoms with Gasteiger partial charge in [-0.2, -0.15) is 0 Å². The first-order chi connectivity index (χ1) is 11.6. The fourth-order valence-corrected chi connectivity index (χ4v) is 2.92. The first-order valence-corrected chi connectivity index (χ1v) is 8.44. The molecule has 0 saturated carbocycles. The van der Waals surface area contributed by atoms with Crippen LogP contribution in [-0.4, -0.2) is 63.1 Å². The number of aliphatic carboxylic acids is 2. The highest BCUT2D eigenvalue weighted by Gasteiger charge is 2.13. The lowest BCUT2D eigenvalue weighted by Gasteiger charge is -2.25. The van der Waals surface area contributed by atoms with Crippen LogP contribution in [0.3, 0.4) is 0 Å². The fraction of sp³-hybridized carbons (Fsp3) is 0.688. The average molecular weight is 339 g/mol. The van der Waals surface area contributed by atoms with E-state index in [0.29, 0.717) is 0 Å². The number of rotatable bonds is 4. The summed E-state index contributed by atoms with van der Waals surface area (Å²) in [5, 5.41) is 19.3. The van der Waals surface area contributed by atoms with Crippen molar-refractivity contribution < 1.29 is 24.5 Å². The maximum Gasteiger partial charge on any atom is 0.414 e. The smallest absolute Gasteiger partial charge is 0.414 e. The molecule has 0 aromatic carbocycles. The summed E-state index contributed by atoms with van der Waals surface area (Å²) in [5.41, 5.74) is 1.34. The van der Waals surface area contributed by atoms with Gasteiger partial charge in [0, 0.05) is 24.8 Å². The van der Waals surface area contributed by atoms with Gasteiger partial charge in [0.25, 0.3) is 0 Å². The molecule has 1 aromatic rings. The molecular weight excluding hydrogens is 314 g/mol. The quantitative estimate of drug-likeness (QED) is 0.795. The van der Waals surface area contributed by atoms with Gasteiger partial charge in [0.2, 0.25) is 5.88 Å². The van der Waals surface area contributed by atoms with E-state index >= 15 is 0 Å². The van der Waals surface area contributed by atoms with Crippen LogP contribution in [0.4, 0.5) is 0 Å². The zero-order valence-corrected chi connectivity index (χ0v) is 13.8. The Morgan fingerprint density at radius 1 is 1.04 bits per heavy atom. The number of piperidine rings is 1. The minimum Gasteiger partial charge on any atom is -0.475 e. The van der Waals surface area contributed by atoms with Crippen molar-refractivity contribution in [2.24, 2.45) is 0 Å². The maximum atomic E-state index is 9.10. The van der Waals surface area contributed by atoms with Crippen molar-refractivity contribution in [3.63, 3.8) is 0 Å².